The molecular formula is C7H10N2O3. The Morgan fingerprint density at radius 1 is 1.58 bits per heavy atom. The summed E-state index contributed by atoms with van der Waals surface area (Å²) in [7, 11) is 0. The molecule has 1 saturated heterocycles. The Morgan fingerprint density at radius 2 is 2.17 bits per heavy atom. The molecule has 1 aliphatic heterocycles. The summed E-state index contributed by atoms with van der Waals surface area (Å²) in [5, 5.41) is 2.14. The second kappa shape index (κ2) is 2.92. The van der Waals surface area contributed by atoms with Crippen molar-refractivity contribution in [2.24, 2.45) is 0 Å². The van der Waals surface area contributed by atoms with Gasteiger partial charge in [-0.05, 0) is 6.92 Å². The van der Waals surface area contributed by atoms with Crippen molar-refractivity contribution in [3.63, 3.8) is 0 Å². The summed E-state index contributed by atoms with van der Waals surface area (Å²) >= 11 is 0. The van der Waals surface area contributed by atoms with E-state index in [1.807, 2.05) is 0 Å². The van der Waals surface area contributed by atoms with Crippen LogP contribution in [0.3, 0.4) is 0 Å². The Bertz CT molecular complexity index is 249. The molecule has 0 aromatic carbocycles. The van der Waals surface area contributed by atoms with Crippen LogP contribution in [0.25, 0.3) is 0 Å². The predicted octanol–water partition coefficient (Wildman–Crippen LogP) is -1.12. The number of hydrogen-bond acceptors (Lipinski definition) is 3. The quantitative estimate of drug-likeness (QED) is 0.468. The molecule has 1 rings (SSSR count). The number of imide groups is 1. The molecule has 0 bridgehead atoms. The molecule has 66 valence electrons. The van der Waals surface area contributed by atoms with Crippen LogP contribution in [0, 0.1) is 0 Å². The number of piperazine rings is 1. The van der Waals surface area contributed by atoms with Gasteiger partial charge in [0, 0.05) is 6.92 Å². The average molecular weight is 170 g/mol. The van der Waals surface area contributed by atoms with Gasteiger partial charge in [0.1, 0.15) is 12.6 Å². The van der Waals surface area contributed by atoms with Gasteiger partial charge in [-0.1, -0.05) is 0 Å². The Labute approximate surface area is 69.7 Å². The van der Waals surface area contributed by atoms with Crippen LogP contribution in [0.2, 0.25) is 0 Å². The van der Waals surface area contributed by atoms with Gasteiger partial charge in [-0.2, -0.15) is 0 Å². The minimum Gasteiger partial charge on any atom is -0.322 e. The summed E-state index contributed by atoms with van der Waals surface area (Å²) in [4.78, 5) is 33.9. The lowest BCUT2D eigenvalue weighted by atomic mass is 10.2. The minimum absolute atomic E-state index is 0.0256. The fraction of sp³-hybridized carbons (Fsp3) is 0.571. The van der Waals surface area contributed by atoms with Gasteiger partial charge in [-0.15, -0.1) is 0 Å². The van der Waals surface area contributed by atoms with Crippen molar-refractivity contribution in [1.82, 2.24) is 10.2 Å². The van der Waals surface area contributed by atoms with E-state index in [2.05, 4.69) is 5.32 Å². The normalized spacial score (nSPS) is 23.8. The van der Waals surface area contributed by atoms with E-state index in [-0.39, 0.29) is 12.5 Å². The van der Waals surface area contributed by atoms with Gasteiger partial charge in [0.15, 0.2) is 0 Å². The molecule has 12 heavy (non-hydrogen) atoms. The zero-order chi connectivity index (χ0) is 9.30. The maximum absolute atomic E-state index is 11.0. The van der Waals surface area contributed by atoms with E-state index in [9.17, 15) is 14.4 Å². The largest absolute Gasteiger partial charge is 0.322 e. The molecule has 1 fully saturated rings. The van der Waals surface area contributed by atoms with Crippen LogP contribution in [0.4, 0.5) is 0 Å². The van der Waals surface area contributed by atoms with E-state index in [1.54, 1.807) is 6.92 Å². The van der Waals surface area contributed by atoms with Crippen molar-refractivity contribution in [1.29, 1.82) is 0 Å². The van der Waals surface area contributed by atoms with Gasteiger partial charge >= 0.3 is 0 Å². The van der Waals surface area contributed by atoms with E-state index in [0.29, 0.717) is 0 Å². The molecule has 1 unspecified atom stereocenters. The molecule has 0 radical (unpaired) electrons. The van der Waals surface area contributed by atoms with Crippen LogP contribution in [0.5, 0.6) is 0 Å². The zero-order valence-electron chi connectivity index (χ0n) is 6.96. The Morgan fingerprint density at radius 3 is 2.67 bits per heavy atom. The molecule has 1 aliphatic rings. The molecule has 5 heteroatoms. The first kappa shape index (κ1) is 8.70. The number of carbonyl (C=O) groups excluding carboxylic acids is 3. The summed E-state index contributed by atoms with van der Waals surface area (Å²) in [6.45, 7) is 2.90. The van der Waals surface area contributed by atoms with Crippen LogP contribution >= 0.6 is 0 Å². The second-order valence-corrected chi connectivity index (χ2v) is 2.74. The van der Waals surface area contributed by atoms with Gasteiger partial charge in [-0.3, -0.25) is 19.7 Å². The molecule has 1 N–H and O–H groups in total. The van der Waals surface area contributed by atoms with E-state index < -0.39 is 17.9 Å². The highest BCUT2D eigenvalue weighted by atomic mass is 16.2. The summed E-state index contributed by atoms with van der Waals surface area (Å²) in [5.74, 6) is -1.10. The van der Waals surface area contributed by atoms with E-state index in [1.165, 1.54) is 11.8 Å². The third-order valence-corrected chi connectivity index (χ3v) is 1.83. The highest BCUT2D eigenvalue weighted by Crippen LogP contribution is 2.03. The topological polar surface area (TPSA) is 66.5 Å². The Hall–Kier alpha value is -1.39. The lowest BCUT2D eigenvalue weighted by Crippen LogP contribution is -2.58. The molecule has 3 amide bonds. The minimum atomic E-state index is -0.541. The Kier molecular flexibility index (Phi) is 2.12. The van der Waals surface area contributed by atoms with E-state index >= 15 is 0 Å². The van der Waals surface area contributed by atoms with Crippen LogP contribution in [0.1, 0.15) is 13.8 Å². The zero-order valence-corrected chi connectivity index (χ0v) is 6.96. The lowest BCUT2D eigenvalue weighted by molar-refractivity contribution is -0.148. The Balaban J connectivity index is 2.79. The number of rotatable bonds is 0. The molecule has 0 saturated carbocycles. The third kappa shape index (κ3) is 1.44. The monoisotopic (exact) mass is 170 g/mol. The summed E-state index contributed by atoms with van der Waals surface area (Å²) in [6.07, 6.45) is 0. The fourth-order valence-corrected chi connectivity index (χ4v) is 1.10. The van der Waals surface area contributed by atoms with Crippen molar-refractivity contribution >= 4 is 17.7 Å². The van der Waals surface area contributed by atoms with Crippen molar-refractivity contribution < 1.29 is 14.4 Å². The summed E-state index contributed by atoms with van der Waals surface area (Å²) in [5.41, 5.74) is 0. The van der Waals surface area contributed by atoms with Crippen molar-refractivity contribution in [3.05, 3.63) is 0 Å². The van der Waals surface area contributed by atoms with Gasteiger partial charge in [-0.25, -0.2) is 0 Å². The molecule has 1 heterocycles. The first-order valence-electron chi connectivity index (χ1n) is 3.63. The average Bonchev–Trinajstić information content (AvgIpc) is 1.96. The highest BCUT2D eigenvalue weighted by Gasteiger charge is 2.31. The number of nitrogens with one attached hydrogen (secondary N) is 1. The van der Waals surface area contributed by atoms with Gasteiger partial charge in [0.25, 0.3) is 0 Å². The number of nitrogens with zero attached hydrogens (tertiary/aromatic N) is 1. The molecule has 0 spiro atoms. The highest BCUT2D eigenvalue weighted by molar-refractivity contribution is 6.03. The second-order valence-electron chi connectivity index (χ2n) is 2.74. The lowest BCUT2D eigenvalue weighted by Gasteiger charge is -2.30. The standard InChI is InChI=1S/C7H10N2O3/c1-4-7(12)8-6(11)3-9(4)5(2)10/h4H,3H2,1-2H3,(H,8,11,12). The first-order valence-corrected chi connectivity index (χ1v) is 3.63. The molecule has 0 aromatic rings. The van der Waals surface area contributed by atoms with Crippen LogP contribution in [-0.4, -0.2) is 35.2 Å². The van der Waals surface area contributed by atoms with Crippen LogP contribution in [0.15, 0.2) is 0 Å². The maximum atomic E-state index is 11.0. The van der Waals surface area contributed by atoms with Crippen molar-refractivity contribution in [3.8, 4) is 0 Å². The number of amides is 3. The molecule has 5 nitrogen and oxygen atoms in total. The van der Waals surface area contributed by atoms with Gasteiger partial charge in [0.2, 0.25) is 17.7 Å². The van der Waals surface area contributed by atoms with Gasteiger partial charge < -0.3 is 4.90 Å². The third-order valence-electron chi connectivity index (χ3n) is 1.83. The van der Waals surface area contributed by atoms with Crippen molar-refractivity contribution in [2.75, 3.05) is 6.54 Å². The SMILES string of the molecule is CC(=O)N1CC(=O)NC(=O)C1C. The van der Waals surface area contributed by atoms with Gasteiger partial charge in [0.05, 0.1) is 0 Å². The van der Waals surface area contributed by atoms with Crippen LogP contribution < -0.4 is 5.32 Å². The summed E-state index contributed by atoms with van der Waals surface area (Å²) in [6, 6.07) is -0.541. The fourth-order valence-electron chi connectivity index (χ4n) is 1.10. The predicted molar refractivity (Wildman–Crippen MR) is 40.0 cm³/mol. The van der Waals surface area contributed by atoms with Crippen LogP contribution in [-0.2, 0) is 14.4 Å². The number of hydrogen-bond donors (Lipinski definition) is 1. The molecule has 1 atom stereocenters. The van der Waals surface area contributed by atoms with E-state index in [0.717, 1.165) is 0 Å². The number of carbonyl (C=O) groups is 3. The maximum Gasteiger partial charge on any atom is 0.249 e. The van der Waals surface area contributed by atoms with Crippen molar-refractivity contribution in [2.45, 2.75) is 19.9 Å². The van der Waals surface area contributed by atoms with E-state index in [4.69, 9.17) is 0 Å². The smallest absolute Gasteiger partial charge is 0.249 e. The molecular weight excluding hydrogens is 160 g/mol. The molecule has 0 aliphatic carbocycles. The molecule has 0 aromatic heterocycles. The summed E-state index contributed by atoms with van der Waals surface area (Å²) < 4.78 is 0. The first-order chi connectivity index (χ1) is 5.52.